The SMILES string of the molecule is Br.OC1(c2ccccc2)C(CCCl)SC2=NCCCN21. The summed E-state index contributed by atoms with van der Waals surface area (Å²) >= 11 is 7.57. The number of thioether (sulfide) groups is 1. The number of aliphatic hydroxyl groups is 1. The molecule has 1 saturated heterocycles. The highest BCUT2D eigenvalue weighted by molar-refractivity contribution is 8.93. The second kappa shape index (κ2) is 6.69. The van der Waals surface area contributed by atoms with Crippen LogP contribution in [0.5, 0.6) is 0 Å². The molecule has 1 aromatic rings. The van der Waals surface area contributed by atoms with Crippen LogP contribution in [0.2, 0.25) is 0 Å². The lowest BCUT2D eigenvalue weighted by Gasteiger charge is -2.39. The fourth-order valence-electron chi connectivity index (χ4n) is 2.77. The fraction of sp³-hybridized carbons (Fsp3) is 0.500. The van der Waals surface area contributed by atoms with E-state index in [1.54, 1.807) is 11.8 Å². The van der Waals surface area contributed by atoms with Gasteiger partial charge in [0.05, 0.1) is 5.25 Å². The Morgan fingerprint density at radius 1 is 1.40 bits per heavy atom. The van der Waals surface area contributed by atoms with Gasteiger partial charge in [-0.25, -0.2) is 0 Å². The zero-order valence-electron chi connectivity index (χ0n) is 11.0. The lowest BCUT2D eigenvalue weighted by molar-refractivity contribution is -0.0726. The van der Waals surface area contributed by atoms with Crippen LogP contribution in [-0.4, -0.2) is 39.4 Å². The summed E-state index contributed by atoms with van der Waals surface area (Å²) < 4.78 is 0. The summed E-state index contributed by atoms with van der Waals surface area (Å²) in [5.41, 5.74) is -0.0372. The van der Waals surface area contributed by atoms with E-state index in [-0.39, 0.29) is 22.2 Å². The third-order valence-electron chi connectivity index (χ3n) is 3.70. The quantitative estimate of drug-likeness (QED) is 0.822. The summed E-state index contributed by atoms with van der Waals surface area (Å²) in [6, 6.07) is 9.87. The fourth-order valence-corrected chi connectivity index (χ4v) is 4.56. The third kappa shape index (κ3) is 2.61. The topological polar surface area (TPSA) is 35.8 Å². The van der Waals surface area contributed by atoms with Gasteiger partial charge in [0.1, 0.15) is 0 Å². The van der Waals surface area contributed by atoms with Gasteiger partial charge in [-0.15, -0.1) is 28.6 Å². The molecule has 0 radical (unpaired) electrons. The molecule has 2 aliphatic heterocycles. The van der Waals surface area contributed by atoms with E-state index in [1.807, 2.05) is 35.2 Å². The summed E-state index contributed by atoms with van der Waals surface area (Å²) in [7, 11) is 0. The van der Waals surface area contributed by atoms with Gasteiger partial charge < -0.3 is 10.0 Å². The van der Waals surface area contributed by atoms with E-state index < -0.39 is 5.72 Å². The molecule has 2 atom stereocenters. The number of amidine groups is 1. The van der Waals surface area contributed by atoms with Gasteiger partial charge in [0, 0.05) is 24.5 Å². The Bertz CT molecular complexity index is 487. The van der Waals surface area contributed by atoms with Gasteiger partial charge >= 0.3 is 0 Å². The molecule has 0 aliphatic carbocycles. The molecule has 2 heterocycles. The van der Waals surface area contributed by atoms with Crippen LogP contribution in [-0.2, 0) is 5.72 Å². The molecule has 2 aliphatic rings. The van der Waals surface area contributed by atoms with E-state index in [0.29, 0.717) is 5.88 Å². The number of hydrogen-bond donors (Lipinski definition) is 1. The third-order valence-corrected chi connectivity index (χ3v) is 5.32. The van der Waals surface area contributed by atoms with Crippen molar-refractivity contribution in [1.29, 1.82) is 0 Å². The molecule has 0 bridgehead atoms. The highest BCUT2D eigenvalue weighted by atomic mass is 79.9. The van der Waals surface area contributed by atoms with E-state index >= 15 is 0 Å². The van der Waals surface area contributed by atoms with E-state index in [1.165, 1.54) is 0 Å². The molecule has 3 rings (SSSR count). The van der Waals surface area contributed by atoms with Crippen molar-refractivity contribution < 1.29 is 5.11 Å². The number of hydrogen-bond acceptors (Lipinski definition) is 4. The predicted molar refractivity (Wildman–Crippen MR) is 91.0 cm³/mol. The first-order valence-corrected chi connectivity index (χ1v) is 8.01. The van der Waals surface area contributed by atoms with Crippen LogP contribution in [0.4, 0.5) is 0 Å². The van der Waals surface area contributed by atoms with Gasteiger partial charge in [-0.1, -0.05) is 42.1 Å². The summed E-state index contributed by atoms with van der Waals surface area (Å²) in [5, 5.41) is 12.3. The zero-order valence-corrected chi connectivity index (χ0v) is 14.3. The summed E-state index contributed by atoms with van der Waals surface area (Å²) in [5.74, 6) is 0.550. The van der Waals surface area contributed by atoms with Crippen molar-refractivity contribution in [2.45, 2.75) is 23.8 Å². The van der Waals surface area contributed by atoms with Gasteiger partial charge in [0.15, 0.2) is 10.9 Å². The molecule has 1 fully saturated rings. The molecule has 1 N–H and O–H groups in total. The molecule has 0 spiro atoms. The zero-order chi connectivity index (χ0) is 13.3. The maximum Gasteiger partial charge on any atom is 0.178 e. The Labute approximate surface area is 139 Å². The van der Waals surface area contributed by atoms with Crippen LogP contribution in [0.1, 0.15) is 18.4 Å². The van der Waals surface area contributed by atoms with Crippen LogP contribution >= 0.6 is 40.3 Å². The van der Waals surface area contributed by atoms with Crippen molar-refractivity contribution >= 4 is 45.5 Å². The van der Waals surface area contributed by atoms with Crippen molar-refractivity contribution in [1.82, 2.24) is 4.90 Å². The van der Waals surface area contributed by atoms with Gasteiger partial charge in [-0.05, 0) is 12.8 Å². The van der Waals surface area contributed by atoms with Gasteiger partial charge in [-0.3, -0.25) is 4.99 Å². The maximum absolute atomic E-state index is 11.3. The van der Waals surface area contributed by atoms with Crippen molar-refractivity contribution in [2.75, 3.05) is 19.0 Å². The van der Waals surface area contributed by atoms with Crippen LogP contribution in [0, 0.1) is 0 Å². The Balaban J connectivity index is 0.00000147. The first-order chi connectivity index (χ1) is 9.26. The van der Waals surface area contributed by atoms with E-state index in [4.69, 9.17) is 11.6 Å². The van der Waals surface area contributed by atoms with Gasteiger partial charge in [0.2, 0.25) is 0 Å². The number of benzene rings is 1. The Morgan fingerprint density at radius 2 is 2.15 bits per heavy atom. The van der Waals surface area contributed by atoms with Crippen molar-refractivity contribution in [3.8, 4) is 0 Å². The lowest BCUT2D eigenvalue weighted by Crippen LogP contribution is -2.50. The van der Waals surface area contributed by atoms with Crippen molar-refractivity contribution in [2.24, 2.45) is 4.99 Å². The molecule has 2 unspecified atom stereocenters. The molecule has 0 saturated carbocycles. The molecule has 0 aromatic heterocycles. The molecule has 0 amide bonds. The number of fused-ring (bicyclic) bond motifs is 1. The van der Waals surface area contributed by atoms with Gasteiger partial charge in [-0.2, -0.15) is 0 Å². The second-order valence-electron chi connectivity index (χ2n) is 4.85. The Hall–Kier alpha value is -0.230. The number of rotatable bonds is 3. The molecule has 3 nitrogen and oxygen atoms in total. The number of alkyl halides is 1. The molecule has 110 valence electrons. The molecular weight excluding hydrogens is 360 g/mol. The number of aliphatic imine (C=N–C) groups is 1. The first-order valence-electron chi connectivity index (χ1n) is 6.59. The van der Waals surface area contributed by atoms with Crippen molar-refractivity contribution in [3.05, 3.63) is 35.9 Å². The largest absolute Gasteiger partial charge is 0.366 e. The molecule has 20 heavy (non-hydrogen) atoms. The minimum absolute atomic E-state index is 0. The van der Waals surface area contributed by atoms with Gasteiger partial charge in [0.25, 0.3) is 0 Å². The lowest BCUT2D eigenvalue weighted by atomic mass is 9.95. The smallest absolute Gasteiger partial charge is 0.178 e. The monoisotopic (exact) mass is 376 g/mol. The van der Waals surface area contributed by atoms with Crippen LogP contribution in [0.25, 0.3) is 0 Å². The summed E-state index contributed by atoms with van der Waals surface area (Å²) in [4.78, 5) is 6.60. The molecule has 1 aromatic carbocycles. The highest BCUT2D eigenvalue weighted by Crippen LogP contribution is 2.47. The number of halogens is 2. The second-order valence-corrected chi connectivity index (χ2v) is 6.39. The minimum atomic E-state index is -0.972. The Kier molecular flexibility index (Phi) is 5.40. The molecular formula is C14H18BrClN2OS. The highest BCUT2D eigenvalue weighted by Gasteiger charge is 2.52. The molecule has 6 heteroatoms. The van der Waals surface area contributed by atoms with Crippen molar-refractivity contribution in [3.63, 3.8) is 0 Å². The predicted octanol–water partition coefficient (Wildman–Crippen LogP) is 3.22. The first kappa shape index (κ1) is 16.1. The van der Waals surface area contributed by atoms with E-state index in [2.05, 4.69) is 4.99 Å². The average molecular weight is 378 g/mol. The van der Waals surface area contributed by atoms with Crippen LogP contribution in [0.3, 0.4) is 0 Å². The average Bonchev–Trinajstić information content (AvgIpc) is 2.75. The summed E-state index contributed by atoms with van der Waals surface area (Å²) in [6.45, 7) is 1.72. The number of nitrogens with zero attached hydrogens (tertiary/aromatic N) is 2. The van der Waals surface area contributed by atoms with E-state index in [0.717, 1.165) is 36.7 Å². The maximum atomic E-state index is 11.3. The minimum Gasteiger partial charge on any atom is -0.366 e. The normalized spacial score (nSPS) is 28.6. The van der Waals surface area contributed by atoms with E-state index in [9.17, 15) is 5.11 Å². The van der Waals surface area contributed by atoms with Crippen LogP contribution in [0.15, 0.2) is 35.3 Å². The standard InChI is InChI=1S/C14H17ClN2OS.BrH/c15-8-7-12-14(18,11-5-2-1-3-6-11)17-10-4-9-16-13(17)19-12;/h1-3,5-6,12,18H,4,7-10H2;1H. The Morgan fingerprint density at radius 3 is 2.85 bits per heavy atom. The van der Waals surface area contributed by atoms with Crippen LogP contribution < -0.4 is 0 Å². The summed E-state index contributed by atoms with van der Waals surface area (Å²) in [6.07, 6.45) is 1.76.